The quantitative estimate of drug-likeness (QED) is 0.820. The highest BCUT2D eigenvalue weighted by Crippen LogP contribution is 2.61. The van der Waals surface area contributed by atoms with Gasteiger partial charge in [-0.15, -0.1) is 0 Å². The molecule has 2 atom stereocenters. The number of aliphatic hydroxyl groups is 1. The molecule has 0 radical (unpaired) electrons. The summed E-state index contributed by atoms with van der Waals surface area (Å²) in [6, 6.07) is 5.67. The zero-order valence-corrected chi connectivity index (χ0v) is 15.7. The van der Waals surface area contributed by atoms with Gasteiger partial charge in [0.25, 0.3) is 0 Å². The third-order valence-corrected chi connectivity index (χ3v) is 6.79. The van der Waals surface area contributed by atoms with Gasteiger partial charge in [-0.2, -0.15) is 0 Å². The van der Waals surface area contributed by atoms with Crippen molar-refractivity contribution in [1.82, 2.24) is 5.32 Å². The lowest BCUT2D eigenvalue weighted by Crippen LogP contribution is -2.54. The van der Waals surface area contributed by atoms with Crippen LogP contribution in [0.25, 0.3) is 0 Å². The molecule has 26 heavy (non-hydrogen) atoms. The molecule has 4 bridgehead atoms. The lowest BCUT2D eigenvalue weighted by atomic mass is 9.48. The Morgan fingerprint density at radius 2 is 1.73 bits per heavy atom. The second-order valence-corrected chi connectivity index (χ2v) is 8.63. The van der Waals surface area contributed by atoms with E-state index < -0.39 is 0 Å². The molecule has 2 N–H and O–H groups in total. The average molecular weight is 359 g/mol. The molecule has 1 aromatic carbocycles. The second kappa shape index (κ2) is 6.76. The minimum atomic E-state index is -0.132. The van der Waals surface area contributed by atoms with E-state index in [1.165, 1.54) is 0 Å². The fraction of sp³-hybridized carbons (Fsp3) is 0.667. The predicted molar refractivity (Wildman–Crippen MR) is 98.0 cm³/mol. The summed E-state index contributed by atoms with van der Waals surface area (Å²) in [7, 11) is 3.25. The van der Waals surface area contributed by atoms with Crippen LogP contribution in [0.2, 0.25) is 0 Å². The van der Waals surface area contributed by atoms with Gasteiger partial charge in [0.1, 0.15) is 11.5 Å². The SMILES string of the molecule is COc1cc(CNC(=O)CC23CC4CC(C2)C(O)C(C4)C3)cc(OC)c1. The molecular weight excluding hydrogens is 330 g/mol. The van der Waals surface area contributed by atoms with E-state index in [1.54, 1.807) is 14.2 Å². The number of nitrogens with one attached hydrogen (secondary N) is 1. The van der Waals surface area contributed by atoms with E-state index in [2.05, 4.69) is 5.32 Å². The minimum Gasteiger partial charge on any atom is -0.497 e. The van der Waals surface area contributed by atoms with Crippen molar-refractivity contribution in [3.05, 3.63) is 23.8 Å². The zero-order chi connectivity index (χ0) is 18.3. The van der Waals surface area contributed by atoms with E-state index in [9.17, 15) is 9.90 Å². The molecule has 142 valence electrons. The highest BCUT2D eigenvalue weighted by molar-refractivity contribution is 5.76. The molecule has 5 rings (SSSR count). The molecule has 2 unspecified atom stereocenters. The maximum absolute atomic E-state index is 12.7. The summed E-state index contributed by atoms with van der Waals surface area (Å²) in [5.41, 5.74) is 1.08. The molecule has 0 heterocycles. The molecule has 4 saturated carbocycles. The van der Waals surface area contributed by atoms with Gasteiger partial charge in [-0.3, -0.25) is 4.79 Å². The van der Waals surface area contributed by atoms with Crippen molar-refractivity contribution in [3.8, 4) is 11.5 Å². The normalized spacial score (nSPS) is 34.6. The summed E-state index contributed by atoms with van der Waals surface area (Å²) >= 11 is 0. The van der Waals surface area contributed by atoms with Crippen LogP contribution in [0.15, 0.2) is 18.2 Å². The van der Waals surface area contributed by atoms with E-state index >= 15 is 0 Å². The minimum absolute atomic E-state index is 0.114. The molecule has 4 aliphatic carbocycles. The van der Waals surface area contributed by atoms with Gasteiger partial charge in [-0.05, 0) is 73.0 Å². The number of carbonyl (C=O) groups is 1. The van der Waals surface area contributed by atoms with E-state index in [0.717, 1.165) is 49.2 Å². The predicted octanol–water partition coefficient (Wildman–Crippen LogP) is 2.90. The Bertz CT molecular complexity index is 650. The van der Waals surface area contributed by atoms with Crippen LogP contribution in [-0.4, -0.2) is 31.3 Å². The monoisotopic (exact) mass is 359 g/mol. The summed E-state index contributed by atoms with van der Waals surface area (Å²) in [6.07, 6.45) is 5.96. The molecule has 0 spiro atoms. The van der Waals surface area contributed by atoms with Gasteiger partial charge in [0.05, 0.1) is 20.3 Å². The first-order chi connectivity index (χ1) is 12.5. The summed E-state index contributed by atoms with van der Waals surface area (Å²) in [5.74, 6) is 3.11. The molecule has 1 aromatic rings. The molecule has 0 aromatic heterocycles. The van der Waals surface area contributed by atoms with Crippen LogP contribution in [0, 0.1) is 23.2 Å². The molecule has 4 fully saturated rings. The number of ether oxygens (including phenoxy) is 2. The van der Waals surface area contributed by atoms with E-state index in [0.29, 0.717) is 30.7 Å². The summed E-state index contributed by atoms with van der Waals surface area (Å²) in [5, 5.41) is 13.5. The highest BCUT2D eigenvalue weighted by atomic mass is 16.5. The van der Waals surface area contributed by atoms with Gasteiger partial charge in [-0.1, -0.05) is 0 Å². The molecule has 0 saturated heterocycles. The highest BCUT2D eigenvalue weighted by Gasteiger charge is 2.55. The van der Waals surface area contributed by atoms with Crippen LogP contribution < -0.4 is 14.8 Å². The summed E-state index contributed by atoms with van der Waals surface area (Å²) < 4.78 is 10.6. The smallest absolute Gasteiger partial charge is 0.220 e. The Labute approximate surface area is 155 Å². The molecule has 5 heteroatoms. The Balaban J connectivity index is 1.38. The van der Waals surface area contributed by atoms with E-state index in [1.807, 2.05) is 18.2 Å². The first kappa shape index (κ1) is 17.7. The van der Waals surface area contributed by atoms with Gasteiger partial charge in [-0.25, -0.2) is 0 Å². The molecule has 5 nitrogen and oxygen atoms in total. The fourth-order valence-electron chi connectivity index (χ4n) is 5.95. The lowest BCUT2D eigenvalue weighted by Gasteiger charge is -2.58. The van der Waals surface area contributed by atoms with Crippen LogP contribution in [0.4, 0.5) is 0 Å². The van der Waals surface area contributed by atoms with Gasteiger partial charge in [0.2, 0.25) is 5.91 Å². The number of aliphatic hydroxyl groups excluding tert-OH is 1. The maximum Gasteiger partial charge on any atom is 0.220 e. The number of carbonyl (C=O) groups excluding carboxylic acids is 1. The molecule has 4 aliphatic rings. The van der Waals surface area contributed by atoms with Crippen LogP contribution in [0.1, 0.15) is 44.1 Å². The van der Waals surface area contributed by atoms with Crippen molar-refractivity contribution < 1.29 is 19.4 Å². The molecular formula is C21H29NO4. The van der Waals surface area contributed by atoms with Crippen LogP contribution in [0.5, 0.6) is 11.5 Å². The second-order valence-electron chi connectivity index (χ2n) is 8.63. The number of rotatable bonds is 6. The summed E-state index contributed by atoms with van der Waals surface area (Å²) in [4.78, 5) is 12.7. The van der Waals surface area contributed by atoms with Gasteiger partial charge in [0, 0.05) is 19.0 Å². The van der Waals surface area contributed by atoms with Gasteiger partial charge < -0.3 is 19.9 Å². The standard InChI is InChI=1S/C21H29NO4/c1-25-17-5-14(6-18(7-17)26-2)12-22-19(23)11-21-8-13-3-15(9-21)20(24)16(4-13)10-21/h5-7,13,15-16,20,24H,3-4,8-12H2,1-2H3,(H,22,23). The largest absolute Gasteiger partial charge is 0.497 e. The van der Waals surface area contributed by atoms with Crippen LogP contribution in [0.3, 0.4) is 0 Å². The third-order valence-electron chi connectivity index (χ3n) is 6.79. The van der Waals surface area contributed by atoms with Crippen LogP contribution in [-0.2, 0) is 11.3 Å². The fourth-order valence-corrected chi connectivity index (χ4v) is 5.95. The summed E-state index contributed by atoms with van der Waals surface area (Å²) in [6.45, 7) is 0.474. The Kier molecular flexibility index (Phi) is 4.59. The van der Waals surface area contributed by atoms with Crippen molar-refractivity contribution in [3.63, 3.8) is 0 Å². The topological polar surface area (TPSA) is 67.8 Å². The van der Waals surface area contributed by atoms with Crippen LogP contribution >= 0.6 is 0 Å². The third kappa shape index (κ3) is 3.29. The first-order valence-corrected chi connectivity index (χ1v) is 9.67. The number of benzene rings is 1. The maximum atomic E-state index is 12.7. The number of hydrogen-bond donors (Lipinski definition) is 2. The Morgan fingerprint density at radius 1 is 1.12 bits per heavy atom. The number of methoxy groups -OCH3 is 2. The number of hydrogen-bond acceptors (Lipinski definition) is 4. The van der Waals surface area contributed by atoms with Crippen molar-refractivity contribution in [1.29, 1.82) is 0 Å². The average Bonchev–Trinajstić information content (AvgIpc) is 2.63. The Hall–Kier alpha value is -1.75. The van der Waals surface area contributed by atoms with E-state index in [-0.39, 0.29) is 17.4 Å². The van der Waals surface area contributed by atoms with Crippen molar-refractivity contribution in [2.24, 2.45) is 23.2 Å². The lowest BCUT2D eigenvalue weighted by molar-refractivity contribution is -0.148. The van der Waals surface area contributed by atoms with Gasteiger partial charge >= 0.3 is 0 Å². The molecule has 0 aliphatic heterocycles. The number of amides is 1. The zero-order valence-electron chi connectivity index (χ0n) is 15.7. The first-order valence-electron chi connectivity index (χ1n) is 9.67. The van der Waals surface area contributed by atoms with Gasteiger partial charge in [0.15, 0.2) is 0 Å². The Morgan fingerprint density at radius 3 is 2.31 bits per heavy atom. The van der Waals surface area contributed by atoms with Crippen molar-refractivity contribution >= 4 is 5.91 Å². The van der Waals surface area contributed by atoms with Crippen molar-refractivity contribution in [2.75, 3.05) is 14.2 Å². The van der Waals surface area contributed by atoms with E-state index in [4.69, 9.17) is 9.47 Å². The molecule has 1 amide bonds. The van der Waals surface area contributed by atoms with Crippen molar-refractivity contribution in [2.45, 2.75) is 51.2 Å².